The van der Waals surface area contributed by atoms with Crippen molar-refractivity contribution in [2.45, 2.75) is 91.4 Å². The fourth-order valence-corrected chi connectivity index (χ4v) is 5.13. The molecular weight excluding hydrogens is 512 g/mol. The van der Waals surface area contributed by atoms with Gasteiger partial charge in [0.05, 0.1) is 18.1 Å². The maximum absolute atomic E-state index is 12.9. The third-order valence-electron chi connectivity index (χ3n) is 7.87. The summed E-state index contributed by atoms with van der Waals surface area (Å²) in [4.78, 5) is 24.9. The molecule has 3 aromatic carbocycles. The van der Waals surface area contributed by atoms with Crippen molar-refractivity contribution in [2.24, 2.45) is 5.92 Å². The number of carbonyl (C=O) groups is 2. The molecular formula is C36H44O5. The van der Waals surface area contributed by atoms with Crippen molar-refractivity contribution in [3.05, 3.63) is 77.4 Å². The number of fused-ring (bicyclic) bond motifs is 3. The molecule has 1 aliphatic rings. The molecule has 0 aromatic heterocycles. The van der Waals surface area contributed by atoms with Crippen molar-refractivity contribution in [3.8, 4) is 28.4 Å². The number of rotatable bonds is 16. The van der Waals surface area contributed by atoms with E-state index in [4.69, 9.17) is 14.2 Å². The highest BCUT2D eigenvalue weighted by molar-refractivity contribution is 5.93. The summed E-state index contributed by atoms with van der Waals surface area (Å²) in [5, 5.41) is 0. The molecule has 1 unspecified atom stereocenters. The van der Waals surface area contributed by atoms with E-state index in [2.05, 4.69) is 19.1 Å². The molecule has 5 heteroatoms. The summed E-state index contributed by atoms with van der Waals surface area (Å²) in [6, 6.07) is 18.6. The first-order valence-corrected chi connectivity index (χ1v) is 15.4. The Bertz CT molecular complexity index is 1290. The van der Waals surface area contributed by atoms with Gasteiger partial charge in [0.1, 0.15) is 17.2 Å². The highest BCUT2D eigenvalue weighted by Gasteiger charge is 2.21. The van der Waals surface area contributed by atoms with Gasteiger partial charge in [-0.15, -0.1) is 0 Å². The first kappa shape index (κ1) is 30.4. The summed E-state index contributed by atoms with van der Waals surface area (Å²) in [5.74, 6) is 0.890. The van der Waals surface area contributed by atoms with Gasteiger partial charge in [0.15, 0.2) is 0 Å². The molecule has 0 spiro atoms. The monoisotopic (exact) mass is 556 g/mol. The molecule has 218 valence electrons. The van der Waals surface area contributed by atoms with Crippen LogP contribution in [0.4, 0.5) is 0 Å². The van der Waals surface area contributed by atoms with Crippen LogP contribution in [0.25, 0.3) is 11.1 Å². The Morgan fingerprint density at radius 3 is 1.90 bits per heavy atom. The fourth-order valence-electron chi connectivity index (χ4n) is 5.13. The van der Waals surface area contributed by atoms with Crippen LogP contribution >= 0.6 is 0 Å². The van der Waals surface area contributed by atoms with Gasteiger partial charge in [-0.3, -0.25) is 4.79 Å². The van der Waals surface area contributed by atoms with E-state index in [1.807, 2.05) is 38.1 Å². The number of unbranched alkanes of at least 4 members (excludes halogenated alkanes) is 8. The standard InChI is InChI=1S/C36H44O5/c1-4-6-7-8-9-10-11-12-13-22-39-32-19-21-34-29(25-32)24-28-23-27(14-20-33(28)34)36(38)41-31-17-15-30(16-18-31)40-35(37)26(3)5-2/h14-21,23,25-26H,4-13,22,24H2,1-3H3. The Kier molecular flexibility index (Phi) is 11.4. The smallest absolute Gasteiger partial charge is 0.343 e. The second-order valence-corrected chi connectivity index (χ2v) is 11.1. The fraction of sp³-hybridized carbons (Fsp3) is 0.444. The normalized spacial score (nSPS) is 12.4. The Balaban J connectivity index is 1.24. The molecule has 0 fully saturated rings. The van der Waals surface area contributed by atoms with Crippen molar-refractivity contribution in [1.82, 2.24) is 0 Å². The van der Waals surface area contributed by atoms with Crippen LogP contribution in [0, 0.1) is 5.92 Å². The van der Waals surface area contributed by atoms with Crippen molar-refractivity contribution >= 4 is 11.9 Å². The summed E-state index contributed by atoms with van der Waals surface area (Å²) >= 11 is 0. The zero-order valence-electron chi connectivity index (χ0n) is 24.9. The number of hydrogen-bond acceptors (Lipinski definition) is 5. The lowest BCUT2D eigenvalue weighted by molar-refractivity contribution is -0.138. The molecule has 1 aliphatic carbocycles. The number of ether oxygens (including phenoxy) is 3. The summed E-state index contributed by atoms with van der Waals surface area (Å²) in [6.07, 6.45) is 13.2. The average molecular weight is 557 g/mol. The summed E-state index contributed by atoms with van der Waals surface area (Å²) in [5.41, 5.74) is 5.17. The van der Waals surface area contributed by atoms with Crippen LogP contribution < -0.4 is 14.2 Å². The van der Waals surface area contributed by atoms with Gasteiger partial charge in [0.25, 0.3) is 0 Å². The van der Waals surface area contributed by atoms with Gasteiger partial charge >= 0.3 is 11.9 Å². The molecule has 4 rings (SSSR count). The molecule has 0 N–H and O–H groups in total. The SMILES string of the molecule is CCCCCCCCCCCOc1ccc2c(c1)Cc1cc(C(=O)Oc3ccc(OC(=O)C(C)CC)cc3)ccc1-2. The molecule has 0 aliphatic heterocycles. The molecule has 0 radical (unpaired) electrons. The predicted octanol–water partition coefficient (Wildman–Crippen LogP) is 9.34. The largest absolute Gasteiger partial charge is 0.494 e. The van der Waals surface area contributed by atoms with Crippen molar-refractivity contribution in [2.75, 3.05) is 6.61 Å². The van der Waals surface area contributed by atoms with E-state index >= 15 is 0 Å². The highest BCUT2D eigenvalue weighted by Crippen LogP contribution is 2.39. The van der Waals surface area contributed by atoms with Gasteiger partial charge in [-0.25, -0.2) is 4.79 Å². The zero-order valence-corrected chi connectivity index (χ0v) is 24.9. The average Bonchev–Trinajstić information content (AvgIpc) is 3.35. The van der Waals surface area contributed by atoms with Crippen LogP contribution in [0.15, 0.2) is 60.7 Å². The van der Waals surface area contributed by atoms with Crippen LogP contribution in [-0.2, 0) is 11.2 Å². The van der Waals surface area contributed by atoms with E-state index in [0.29, 0.717) is 23.5 Å². The Labute approximate surface area is 245 Å². The second-order valence-electron chi connectivity index (χ2n) is 11.1. The predicted molar refractivity (Wildman–Crippen MR) is 164 cm³/mol. The highest BCUT2D eigenvalue weighted by atomic mass is 16.5. The number of esters is 2. The van der Waals surface area contributed by atoms with Gasteiger partial charge < -0.3 is 14.2 Å². The lowest BCUT2D eigenvalue weighted by Gasteiger charge is -2.10. The van der Waals surface area contributed by atoms with E-state index in [-0.39, 0.29) is 11.9 Å². The van der Waals surface area contributed by atoms with E-state index in [0.717, 1.165) is 36.3 Å². The lowest BCUT2D eigenvalue weighted by atomic mass is 10.0. The molecule has 0 bridgehead atoms. The van der Waals surface area contributed by atoms with Crippen LogP contribution in [-0.4, -0.2) is 18.5 Å². The molecule has 5 nitrogen and oxygen atoms in total. The molecule has 0 saturated carbocycles. The Morgan fingerprint density at radius 1 is 0.683 bits per heavy atom. The summed E-state index contributed by atoms with van der Waals surface area (Å²) in [7, 11) is 0. The van der Waals surface area contributed by atoms with Crippen LogP contribution in [0.3, 0.4) is 0 Å². The van der Waals surface area contributed by atoms with Crippen LogP contribution in [0.2, 0.25) is 0 Å². The Hall–Kier alpha value is -3.60. The zero-order chi connectivity index (χ0) is 29.0. The van der Waals surface area contributed by atoms with E-state index < -0.39 is 5.97 Å². The number of benzene rings is 3. The van der Waals surface area contributed by atoms with Crippen molar-refractivity contribution < 1.29 is 23.8 Å². The topological polar surface area (TPSA) is 61.8 Å². The minimum Gasteiger partial charge on any atom is -0.494 e. The van der Waals surface area contributed by atoms with Gasteiger partial charge in [-0.05, 0) is 90.0 Å². The number of hydrogen-bond donors (Lipinski definition) is 0. The third kappa shape index (κ3) is 8.69. The summed E-state index contributed by atoms with van der Waals surface area (Å²) in [6.45, 7) is 6.78. The van der Waals surface area contributed by atoms with Gasteiger partial charge in [-0.1, -0.05) is 84.3 Å². The second kappa shape index (κ2) is 15.4. The summed E-state index contributed by atoms with van der Waals surface area (Å²) < 4.78 is 17.0. The minimum atomic E-state index is -0.418. The molecule has 0 saturated heterocycles. The van der Waals surface area contributed by atoms with Crippen LogP contribution in [0.5, 0.6) is 17.2 Å². The maximum Gasteiger partial charge on any atom is 0.343 e. The minimum absolute atomic E-state index is 0.165. The van der Waals surface area contributed by atoms with E-state index in [1.165, 1.54) is 62.5 Å². The molecule has 0 amide bonds. The first-order valence-electron chi connectivity index (χ1n) is 15.4. The van der Waals surface area contributed by atoms with Gasteiger partial charge in [0.2, 0.25) is 0 Å². The molecule has 0 heterocycles. The first-order chi connectivity index (χ1) is 20.0. The quantitative estimate of drug-likeness (QED) is 0.0781. The van der Waals surface area contributed by atoms with Crippen molar-refractivity contribution in [1.29, 1.82) is 0 Å². The van der Waals surface area contributed by atoms with E-state index in [1.54, 1.807) is 24.3 Å². The third-order valence-corrected chi connectivity index (χ3v) is 7.87. The lowest BCUT2D eigenvalue weighted by Crippen LogP contribution is -2.16. The Morgan fingerprint density at radius 2 is 1.24 bits per heavy atom. The van der Waals surface area contributed by atoms with Crippen molar-refractivity contribution in [3.63, 3.8) is 0 Å². The molecule has 41 heavy (non-hydrogen) atoms. The van der Waals surface area contributed by atoms with Gasteiger partial charge in [-0.2, -0.15) is 0 Å². The number of carbonyl (C=O) groups excluding carboxylic acids is 2. The molecule has 1 atom stereocenters. The molecule has 3 aromatic rings. The van der Waals surface area contributed by atoms with Gasteiger partial charge in [0, 0.05) is 0 Å². The van der Waals surface area contributed by atoms with Crippen LogP contribution in [0.1, 0.15) is 106 Å². The maximum atomic E-state index is 12.9. The van der Waals surface area contributed by atoms with E-state index in [9.17, 15) is 9.59 Å².